The molecule has 0 amide bonds. The number of nitrogens with zero attached hydrogens (tertiary/aromatic N) is 3. The van der Waals surface area contributed by atoms with Crippen LogP contribution in [-0.4, -0.2) is 41.8 Å². The number of oxime groups is 1. The van der Waals surface area contributed by atoms with Crippen LogP contribution in [0.2, 0.25) is 0 Å². The Morgan fingerprint density at radius 3 is 3.06 bits per heavy atom. The molecule has 2 atom stereocenters. The fourth-order valence-electron chi connectivity index (χ4n) is 2.23. The molecule has 1 saturated heterocycles. The van der Waals surface area contributed by atoms with E-state index in [-0.39, 0.29) is 11.9 Å². The van der Waals surface area contributed by atoms with Gasteiger partial charge in [0, 0.05) is 25.4 Å². The molecule has 1 fully saturated rings. The van der Waals surface area contributed by atoms with Crippen molar-refractivity contribution in [2.24, 2.45) is 10.9 Å². The SMILES string of the molecule is CC1OCCC1N(C)c1cc(/C(N)=N/O)ccn1. The number of ether oxygens (including phenoxy) is 1. The van der Waals surface area contributed by atoms with Gasteiger partial charge in [-0.1, -0.05) is 5.16 Å². The molecule has 98 valence electrons. The minimum Gasteiger partial charge on any atom is -0.409 e. The van der Waals surface area contributed by atoms with E-state index < -0.39 is 0 Å². The van der Waals surface area contributed by atoms with Gasteiger partial charge in [-0.2, -0.15) is 0 Å². The number of aromatic nitrogens is 1. The summed E-state index contributed by atoms with van der Waals surface area (Å²) in [6.07, 6.45) is 2.82. The van der Waals surface area contributed by atoms with Crippen molar-refractivity contribution in [3.8, 4) is 0 Å². The third-order valence-electron chi connectivity index (χ3n) is 3.34. The largest absolute Gasteiger partial charge is 0.409 e. The van der Waals surface area contributed by atoms with Gasteiger partial charge in [-0.05, 0) is 25.5 Å². The van der Waals surface area contributed by atoms with Gasteiger partial charge in [0.05, 0.1) is 12.1 Å². The predicted molar refractivity (Wildman–Crippen MR) is 69.0 cm³/mol. The van der Waals surface area contributed by atoms with E-state index in [1.54, 1.807) is 18.3 Å². The molecule has 1 aromatic rings. The lowest BCUT2D eigenvalue weighted by Gasteiger charge is -2.27. The molecule has 2 heterocycles. The Hall–Kier alpha value is -1.82. The number of likely N-dealkylation sites (N-methyl/N-ethyl adjacent to an activating group) is 1. The molecule has 2 unspecified atom stereocenters. The van der Waals surface area contributed by atoms with Crippen LogP contribution in [0, 0.1) is 0 Å². The van der Waals surface area contributed by atoms with Crippen LogP contribution in [0.5, 0.6) is 0 Å². The number of nitrogens with two attached hydrogens (primary N) is 1. The van der Waals surface area contributed by atoms with Crippen molar-refractivity contribution < 1.29 is 9.94 Å². The van der Waals surface area contributed by atoms with Crippen molar-refractivity contribution >= 4 is 11.7 Å². The van der Waals surface area contributed by atoms with Crippen LogP contribution in [0.4, 0.5) is 5.82 Å². The maximum absolute atomic E-state index is 8.68. The average molecular weight is 250 g/mol. The van der Waals surface area contributed by atoms with Gasteiger partial charge in [0.15, 0.2) is 5.84 Å². The summed E-state index contributed by atoms with van der Waals surface area (Å²) in [6.45, 7) is 2.83. The molecule has 1 aromatic heterocycles. The highest BCUT2D eigenvalue weighted by atomic mass is 16.5. The van der Waals surface area contributed by atoms with E-state index in [1.165, 1.54) is 0 Å². The first-order chi connectivity index (χ1) is 8.63. The fraction of sp³-hybridized carbons (Fsp3) is 0.500. The Labute approximate surface area is 106 Å². The zero-order valence-corrected chi connectivity index (χ0v) is 10.6. The quantitative estimate of drug-likeness (QED) is 0.358. The smallest absolute Gasteiger partial charge is 0.170 e. The third kappa shape index (κ3) is 2.38. The lowest BCUT2D eigenvalue weighted by atomic mass is 10.1. The summed E-state index contributed by atoms with van der Waals surface area (Å²) in [5, 5.41) is 11.7. The summed E-state index contributed by atoms with van der Waals surface area (Å²) in [5.74, 6) is 0.879. The van der Waals surface area contributed by atoms with Gasteiger partial charge in [-0.15, -0.1) is 0 Å². The van der Waals surface area contributed by atoms with Gasteiger partial charge in [0.1, 0.15) is 5.82 Å². The van der Waals surface area contributed by atoms with E-state index in [1.807, 2.05) is 7.05 Å². The zero-order chi connectivity index (χ0) is 13.1. The summed E-state index contributed by atoms with van der Waals surface area (Å²) in [7, 11) is 1.98. The summed E-state index contributed by atoms with van der Waals surface area (Å²) in [6, 6.07) is 3.82. The molecule has 0 aromatic carbocycles. The fourth-order valence-corrected chi connectivity index (χ4v) is 2.23. The van der Waals surface area contributed by atoms with Crippen molar-refractivity contribution in [1.29, 1.82) is 0 Å². The summed E-state index contributed by atoms with van der Waals surface area (Å²) < 4.78 is 5.55. The predicted octanol–water partition coefficient (Wildman–Crippen LogP) is 0.790. The Bertz CT molecular complexity index is 449. The standard InChI is InChI=1S/C12H18N4O2/c1-8-10(4-6-18-8)16(2)11-7-9(3-5-14-11)12(13)15-17/h3,5,7-8,10,17H,4,6H2,1-2H3,(H2,13,15). The molecule has 2 rings (SSSR count). The van der Waals surface area contributed by atoms with Crippen LogP contribution in [0.3, 0.4) is 0 Å². The van der Waals surface area contributed by atoms with Crippen LogP contribution in [0.1, 0.15) is 18.9 Å². The normalized spacial score (nSPS) is 24.2. The number of pyridine rings is 1. The van der Waals surface area contributed by atoms with Crippen molar-refractivity contribution in [2.75, 3.05) is 18.6 Å². The lowest BCUT2D eigenvalue weighted by Crippen LogP contribution is -2.37. The molecule has 0 aliphatic carbocycles. The number of amidine groups is 1. The van der Waals surface area contributed by atoms with Crippen LogP contribution < -0.4 is 10.6 Å². The van der Waals surface area contributed by atoms with Gasteiger partial charge >= 0.3 is 0 Å². The van der Waals surface area contributed by atoms with Gasteiger partial charge in [-0.3, -0.25) is 0 Å². The van der Waals surface area contributed by atoms with Crippen molar-refractivity contribution in [2.45, 2.75) is 25.5 Å². The van der Waals surface area contributed by atoms with Crippen LogP contribution in [0.15, 0.2) is 23.5 Å². The third-order valence-corrected chi connectivity index (χ3v) is 3.34. The zero-order valence-electron chi connectivity index (χ0n) is 10.6. The van der Waals surface area contributed by atoms with Crippen molar-refractivity contribution in [3.63, 3.8) is 0 Å². The Morgan fingerprint density at radius 2 is 2.44 bits per heavy atom. The minimum absolute atomic E-state index is 0.0859. The summed E-state index contributed by atoms with van der Waals surface area (Å²) >= 11 is 0. The Morgan fingerprint density at radius 1 is 1.67 bits per heavy atom. The highest BCUT2D eigenvalue weighted by Gasteiger charge is 2.28. The van der Waals surface area contributed by atoms with Gasteiger partial charge in [-0.25, -0.2) is 4.98 Å². The lowest BCUT2D eigenvalue weighted by molar-refractivity contribution is 0.118. The van der Waals surface area contributed by atoms with E-state index in [0.29, 0.717) is 11.6 Å². The molecular formula is C12H18N4O2. The van der Waals surface area contributed by atoms with E-state index in [0.717, 1.165) is 18.8 Å². The summed E-state index contributed by atoms with van der Waals surface area (Å²) in [4.78, 5) is 6.39. The number of rotatable bonds is 3. The van der Waals surface area contributed by atoms with Gasteiger partial charge < -0.3 is 20.6 Å². The molecule has 6 heteroatoms. The molecule has 18 heavy (non-hydrogen) atoms. The topological polar surface area (TPSA) is 84.0 Å². The minimum atomic E-state index is 0.0859. The molecule has 0 spiro atoms. The first-order valence-corrected chi connectivity index (χ1v) is 5.92. The molecule has 0 bridgehead atoms. The van der Waals surface area contributed by atoms with Crippen LogP contribution in [0.25, 0.3) is 0 Å². The van der Waals surface area contributed by atoms with E-state index in [2.05, 4.69) is 22.0 Å². The molecule has 3 N–H and O–H groups in total. The number of hydrogen-bond acceptors (Lipinski definition) is 5. The first kappa shape index (κ1) is 12.6. The maximum atomic E-state index is 8.68. The number of anilines is 1. The highest BCUT2D eigenvalue weighted by molar-refractivity contribution is 5.97. The van der Waals surface area contributed by atoms with Crippen molar-refractivity contribution in [3.05, 3.63) is 23.9 Å². The average Bonchev–Trinajstić information content (AvgIpc) is 2.83. The second kappa shape index (κ2) is 5.22. The Kier molecular flexibility index (Phi) is 3.66. The molecule has 0 radical (unpaired) electrons. The number of hydrogen-bond donors (Lipinski definition) is 2. The van der Waals surface area contributed by atoms with Crippen LogP contribution in [-0.2, 0) is 4.74 Å². The van der Waals surface area contributed by atoms with E-state index >= 15 is 0 Å². The second-order valence-electron chi connectivity index (χ2n) is 4.43. The first-order valence-electron chi connectivity index (χ1n) is 5.92. The Balaban J connectivity index is 2.22. The maximum Gasteiger partial charge on any atom is 0.170 e. The molecule has 6 nitrogen and oxygen atoms in total. The van der Waals surface area contributed by atoms with Crippen molar-refractivity contribution in [1.82, 2.24) is 4.98 Å². The van der Waals surface area contributed by atoms with E-state index in [9.17, 15) is 0 Å². The van der Waals surface area contributed by atoms with Gasteiger partial charge in [0.25, 0.3) is 0 Å². The molecular weight excluding hydrogens is 232 g/mol. The highest BCUT2D eigenvalue weighted by Crippen LogP contribution is 2.23. The molecule has 0 saturated carbocycles. The molecule has 1 aliphatic rings. The van der Waals surface area contributed by atoms with E-state index in [4.69, 9.17) is 15.7 Å². The molecule has 1 aliphatic heterocycles. The monoisotopic (exact) mass is 250 g/mol. The van der Waals surface area contributed by atoms with Gasteiger partial charge in [0.2, 0.25) is 0 Å². The second-order valence-corrected chi connectivity index (χ2v) is 4.43. The summed E-state index contributed by atoms with van der Waals surface area (Å²) in [5.41, 5.74) is 6.23. The van der Waals surface area contributed by atoms with Crippen LogP contribution >= 0.6 is 0 Å².